The SMILES string of the molecule is CCS(=O)(=O)c1ccccc1NCc1cnc[nH]1. The average molecular weight is 265 g/mol. The Morgan fingerprint density at radius 3 is 2.78 bits per heavy atom. The van der Waals surface area contributed by atoms with Crippen molar-refractivity contribution in [2.45, 2.75) is 18.4 Å². The van der Waals surface area contributed by atoms with E-state index in [1.54, 1.807) is 37.6 Å². The minimum atomic E-state index is -3.21. The molecule has 0 fully saturated rings. The molecule has 18 heavy (non-hydrogen) atoms. The highest BCUT2D eigenvalue weighted by atomic mass is 32.2. The molecular formula is C12H15N3O2S. The Bertz CT molecular complexity index is 606. The highest BCUT2D eigenvalue weighted by molar-refractivity contribution is 7.91. The van der Waals surface area contributed by atoms with Gasteiger partial charge < -0.3 is 10.3 Å². The monoisotopic (exact) mass is 265 g/mol. The predicted molar refractivity (Wildman–Crippen MR) is 70.1 cm³/mol. The standard InChI is InChI=1S/C12H15N3O2S/c1-2-18(16,17)12-6-4-3-5-11(12)14-8-10-7-13-9-15-10/h3-7,9,14H,2,8H2,1H3,(H,13,15). The van der Waals surface area contributed by atoms with Crippen molar-refractivity contribution in [2.24, 2.45) is 0 Å². The second-order valence-electron chi connectivity index (χ2n) is 3.83. The highest BCUT2D eigenvalue weighted by Crippen LogP contribution is 2.22. The summed E-state index contributed by atoms with van der Waals surface area (Å²) in [6, 6.07) is 6.92. The molecule has 0 saturated heterocycles. The van der Waals surface area contributed by atoms with Crippen LogP contribution in [0.4, 0.5) is 5.69 Å². The molecule has 1 heterocycles. The van der Waals surface area contributed by atoms with Crippen molar-refractivity contribution in [3.63, 3.8) is 0 Å². The molecule has 0 atom stereocenters. The Hall–Kier alpha value is -1.82. The van der Waals surface area contributed by atoms with E-state index in [9.17, 15) is 8.42 Å². The third kappa shape index (κ3) is 2.70. The Morgan fingerprint density at radius 2 is 2.11 bits per heavy atom. The molecule has 0 aliphatic carbocycles. The zero-order valence-corrected chi connectivity index (χ0v) is 10.9. The molecule has 96 valence electrons. The molecule has 6 heteroatoms. The lowest BCUT2D eigenvalue weighted by atomic mass is 10.3. The number of hydrogen-bond acceptors (Lipinski definition) is 4. The van der Waals surface area contributed by atoms with Crippen LogP contribution in [0.2, 0.25) is 0 Å². The fraction of sp³-hybridized carbons (Fsp3) is 0.250. The topological polar surface area (TPSA) is 74.8 Å². The number of para-hydroxylation sites is 1. The van der Waals surface area contributed by atoms with Gasteiger partial charge in [0.15, 0.2) is 9.84 Å². The maximum atomic E-state index is 11.9. The Kier molecular flexibility index (Phi) is 3.66. The molecule has 0 radical (unpaired) electrons. The molecule has 1 aromatic carbocycles. The first-order valence-electron chi connectivity index (χ1n) is 5.66. The van der Waals surface area contributed by atoms with Gasteiger partial charge in [0, 0.05) is 6.20 Å². The fourth-order valence-electron chi connectivity index (χ4n) is 1.61. The molecule has 2 rings (SSSR count). The number of nitrogens with one attached hydrogen (secondary N) is 2. The highest BCUT2D eigenvalue weighted by Gasteiger charge is 2.15. The van der Waals surface area contributed by atoms with Gasteiger partial charge in [-0.2, -0.15) is 0 Å². The number of nitrogens with zero attached hydrogens (tertiary/aromatic N) is 1. The van der Waals surface area contributed by atoms with Gasteiger partial charge in [-0.15, -0.1) is 0 Å². The molecular weight excluding hydrogens is 250 g/mol. The van der Waals surface area contributed by atoms with E-state index < -0.39 is 9.84 Å². The van der Waals surface area contributed by atoms with Crippen LogP contribution in [-0.2, 0) is 16.4 Å². The van der Waals surface area contributed by atoms with E-state index in [0.717, 1.165) is 5.69 Å². The van der Waals surface area contributed by atoms with E-state index in [2.05, 4.69) is 15.3 Å². The van der Waals surface area contributed by atoms with E-state index in [1.165, 1.54) is 0 Å². The lowest BCUT2D eigenvalue weighted by Crippen LogP contribution is -2.09. The number of anilines is 1. The Balaban J connectivity index is 2.23. The molecule has 0 saturated carbocycles. The first-order valence-corrected chi connectivity index (χ1v) is 7.31. The number of rotatable bonds is 5. The Morgan fingerprint density at radius 1 is 1.33 bits per heavy atom. The van der Waals surface area contributed by atoms with E-state index in [1.807, 2.05) is 6.07 Å². The lowest BCUT2D eigenvalue weighted by Gasteiger charge is -2.10. The van der Waals surface area contributed by atoms with E-state index in [4.69, 9.17) is 0 Å². The molecule has 0 unspecified atom stereocenters. The zero-order chi connectivity index (χ0) is 13.0. The second-order valence-corrected chi connectivity index (χ2v) is 6.08. The summed E-state index contributed by atoms with van der Waals surface area (Å²) >= 11 is 0. The average Bonchev–Trinajstić information content (AvgIpc) is 2.90. The van der Waals surface area contributed by atoms with Gasteiger partial charge in [-0.25, -0.2) is 13.4 Å². The van der Waals surface area contributed by atoms with Gasteiger partial charge in [-0.1, -0.05) is 19.1 Å². The molecule has 2 aromatic rings. The van der Waals surface area contributed by atoms with Crippen molar-refractivity contribution in [2.75, 3.05) is 11.1 Å². The minimum absolute atomic E-state index is 0.0930. The molecule has 0 bridgehead atoms. The summed E-state index contributed by atoms with van der Waals surface area (Å²) in [5.74, 6) is 0.0930. The normalized spacial score (nSPS) is 11.4. The van der Waals surface area contributed by atoms with Crippen molar-refractivity contribution in [3.05, 3.63) is 42.5 Å². The fourth-order valence-corrected chi connectivity index (χ4v) is 2.68. The van der Waals surface area contributed by atoms with Crippen LogP contribution in [0, 0.1) is 0 Å². The molecule has 1 aromatic heterocycles. The maximum Gasteiger partial charge on any atom is 0.180 e. The van der Waals surface area contributed by atoms with Gasteiger partial charge in [-0.05, 0) is 12.1 Å². The van der Waals surface area contributed by atoms with E-state index in [-0.39, 0.29) is 5.75 Å². The van der Waals surface area contributed by atoms with Crippen LogP contribution < -0.4 is 5.32 Å². The number of aromatic nitrogens is 2. The summed E-state index contributed by atoms with van der Waals surface area (Å²) in [4.78, 5) is 7.20. The largest absolute Gasteiger partial charge is 0.378 e. The molecule has 0 amide bonds. The van der Waals surface area contributed by atoms with E-state index in [0.29, 0.717) is 17.1 Å². The predicted octanol–water partition coefficient (Wildman–Crippen LogP) is 1.82. The molecule has 0 aliphatic rings. The maximum absolute atomic E-state index is 11.9. The van der Waals surface area contributed by atoms with Crippen molar-refractivity contribution in [1.82, 2.24) is 9.97 Å². The number of benzene rings is 1. The number of sulfone groups is 1. The summed E-state index contributed by atoms with van der Waals surface area (Å²) in [7, 11) is -3.21. The first kappa shape index (κ1) is 12.6. The van der Waals surface area contributed by atoms with Crippen LogP contribution in [-0.4, -0.2) is 24.1 Å². The molecule has 2 N–H and O–H groups in total. The lowest BCUT2D eigenvalue weighted by molar-refractivity contribution is 0.597. The minimum Gasteiger partial charge on any atom is -0.378 e. The number of H-pyrrole nitrogens is 1. The van der Waals surface area contributed by atoms with Crippen LogP contribution in [0.15, 0.2) is 41.7 Å². The summed E-state index contributed by atoms with van der Waals surface area (Å²) in [5, 5.41) is 3.11. The van der Waals surface area contributed by atoms with Crippen molar-refractivity contribution in [3.8, 4) is 0 Å². The van der Waals surface area contributed by atoms with Gasteiger partial charge in [0.1, 0.15) is 0 Å². The van der Waals surface area contributed by atoms with Crippen molar-refractivity contribution >= 4 is 15.5 Å². The van der Waals surface area contributed by atoms with Crippen LogP contribution in [0.3, 0.4) is 0 Å². The quantitative estimate of drug-likeness (QED) is 0.864. The third-order valence-electron chi connectivity index (χ3n) is 2.63. The van der Waals surface area contributed by atoms with Gasteiger partial charge >= 0.3 is 0 Å². The molecule has 0 aliphatic heterocycles. The summed E-state index contributed by atoms with van der Waals surface area (Å²) in [6.45, 7) is 2.15. The van der Waals surface area contributed by atoms with Crippen LogP contribution in [0.5, 0.6) is 0 Å². The number of hydrogen-bond donors (Lipinski definition) is 2. The van der Waals surface area contributed by atoms with Gasteiger partial charge in [0.05, 0.1) is 34.9 Å². The Labute approximate surface area is 106 Å². The molecule has 0 spiro atoms. The molecule has 5 nitrogen and oxygen atoms in total. The van der Waals surface area contributed by atoms with E-state index >= 15 is 0 Å². The number of imidazole rings is 1. The van der Waals surface area contributed by atoms with Crippen molar-refractivity contribution < 1.29 is 8.42 Å². The third-order valence-corrected chi connectivity index (χ3v) is 4.41. The van der Waals surface area contributed by atoms with Gasteiger partial charge in [0.2, 0.25) is 0 Å². The van der Waals surface area contributed by atoms with Gasteiger partial charge in [-0.3, -0.25) is 0 Å². The summed E-state index contributed by atoms with van der Waals surface area (Å²) < 4.78 is 23.8. The second kappa shape index (κ2) is 5.22. The smallest absolute Gasteiger partial charge is 0.180 e. The van der Waals surface area contributed by atoms with Crippen molar-refractivity contribution in [1.29, 1.82) is 0 Å². The zero-order valence-electron chi connectivity index (χ0n) is 10.1. The van der Waals surface area contributed by atoms with Gasteiger partial charge in [0.25, 0.3) is 0 Å². The van der Waals surface area contributed by atoms with Crippen LogP contribution in [0.25, 0.3) is 0 Å². The van der Waals surface area contributed by atoms with Crippen LogP contribution >= 0.6 is 0 Å². The van der Waals surface area contributed by atoms with Crippen LogP contribution in [0.1, 0.15) is 12.6 Å². The summed E-state index contributed by atoms with van der Waals surface area (Å²) in [5.41, 5.74) is 1.52. The first-order chi connectivity index (χ1) is 8.63. The number of aromatic amines is 1. The summed E-state index contributed by atoms with van der Waals surface area (Å²) in [6.07, 6.45) is 3.29.